The lowest BCUT2D eigenvalue weighted by Gasteiger charge is -2.19. The highest BCUT2D eigenvalue weighted by molar-refractivity contribution is 5.96. The zero-order valence-electron chi connectivity index (χ0n) is 14.3. The van der Waals surface area contributed by atoms with Crippen LogP contribution in [0.1, 0.15) is 46.1 Å². The van der Waals surface area contributed by atoms with E-state index < -0.39 is 0 Å². The van der Waals surface area contributed by atoms with Gasteiger partial charge in [-0.1, -0.05) is 19.9 Å². The summed E-state index contributed by atoms with van der Waals surface area (Å²) in [5.74, 6) is 1.42. The lowest BCUT2D eigenvalue weighted by Crippen LogP contribution is -2.12. The minimum atomic E-state index is 0.140. The van der Waals surface area contributed by atoms with Gasteiger partial charge in [0.25, 0.3) is 0 Å². The summed E-state index contributed by atoms with van der Waals surface area (Å²) in [5.41, 5.74) is 3.33. The molecule has 0 radical (unpaired) electrons. The number of ether oxygens (including phenoxy) is 1. The molecule has 22 heavy (non-hydrogen) atoms. The number of hydrogen-bond donors (Lipinski definition) is 2. The van der Waals surface area contributed by atoms with E-state index in [1.807, 2.05) is 39.0 Å². The summed E-state index contributed by atoms with van der Waals surface area (Å²) in [6.07, 6.45) is 1.81. The SMILES string of the molecule is C=N/C(Nc1ccc(C)cc1OC(C)CC)=C(/CC)C(C)=N. The smallest absolute Gasteiger partial charge is 0.143 e. The van der Waals surface area contributed by atoms with Crippen LogP contribution in [-0.2, 0) is 0 Å². The number of rotatable bonds is 8. The van der Waals surface area contributed by atoms with Crippen molar-refractivity contribution in [2.45, 2.75) is 53.6 Å². The monoisotopic (exact) mass is 301 g/mol. The van der Waals surface area contributed by atoms with E-state index in [1.54, 1.807) is 6.92 Å². The fourth-order valence-corrected chi connectivity index (χ4v) is 2.08. The fraction of sp³-hybridized carbons (Fsp3) is 0.444. The van der Waals surface area contributed by atoms with Gasteiger partial charge in [-0.15, -0.1) is 0 Å². The Bertz CT molecular complexity index is 576. The lowest BCUT2D eigenvalue weighted by atomic mass is 10.1. The predicted octanol–water partition coefficient (Wildman–Crippen LogP) is 4.95. The first kappa shape index (κ1) is 18.0. The molecular formula is C18H27N3O. The molecule has 0 spiro atoms. The Labute approximate surface area is 133 Å². The van der Waals surface area contributed by atoms with Crippen molar-refractivity contribution in [1.29, 1.82) is 5.41 Å². The molecule has 0 aliphatic rings. The van der Waals surface area contributed by atoms with Gasteiger partial charge in [-0.25, -0.2) is 4.99 Å². The van der Waals surface area contributed by atoms with Crippen molar-refractivity contribution >= 4 is 18.1 Å². The standard InChI is InChI=1S/C18H27N3O/c1-7-13(4)22-17-11-12(3)9-10-16(17)21-18(20-6)15(8-2)14(5)19/h9-11,13,19,21H,6-8H2,1-5H3/b18-15+,19-14?. The van der Waals surface area contributed by atoms with Crippen LogP contribution in [0, 0.1) is 12.3 Å². The van der Waals surface area contributed by atoms with E-state index in [-0.39, 0.29) is 6.10 Å². The van der Waals surface area contributed by atoms with Gasteiger partial charge in [0.15, 0.2) is 0 Å². The van der Waals surface area contributed by atoms with Crippen LogP contribution in [0.15, 0.2) is 34.6 Å². The lowest BCUT2D eigenvalue weighted by molar-refractivity contribution is 0.218. The van der Waals surface area contributed by atoms with Gasteiger partial charge < -0.3 is 15.5 Å². The largest absolute Gasteiger partial charge is 0.489 e. The van der Waals surface area contributed by atoms with Gasteiger partial charge >= 0.3 is 0 Å². The van der Waals surface area contributed by atoms with Crippen molar-refractivity contribution in [2.75, 3.05) is 5.32 Å². The Balaban J connectivity index is 3.20. The maximum Gasteiger partial charge on any atom is 0.143 e. The number of aliphatic imine (C=N–C) groups is 1. The van der Waals surface area contributed by atoms with Gasteiger partial charge in [0, 0.05) is 11.3 Å². The fourth-order valence-electron chi connectivity index (χ4n) is 2.08. The predicted molar refractivity (Wildman–Crippen MR) is 95.4 cm³/mol. The molecule has 120 valence electrons. The number of nitrogens with zero attached hydrogens (tertiary/aromatic N) is 1. The van der Waals surface area contributed by atoms with E-state index in [0.717, 1.165) is 35.4 Å². The van der Waals surface area contributed by atoms with Crippen LogP contribution in [0.25, 0.3) is 0 Å². The summed E-state index contributed by atoms with van der Waals surface area (Å²) in [7, 11) is 0. The Hall–Kier alpha value is -2.10. The van der Waals surface area contributed by atoms with Crippen molar-refractivity contribution in [3.63, 3.8) is 0 Å². The summed E-state index contributed by atoms with van der Waals surface area (Å²) < 4.78 is 5.99. The van der Waals surface area contributed by atoms with Gasteiger partial charge in [0.1, 0.15) is 11.6 Å². The second kappa shape index (κ2) is 8.37. The van der Waals surface area contributed by atoms with Crippen LogP contribution in [0.4, 0.5) is 5.69 Å². The number of aryl methyl sites for hydroxylation is 1. The molecule has 0 heterocycles. The van der Waals surface area contributed by atoms with Gasteiger partial charge in [-0.05, 0) is 58.0 Å². The van der Waals surface area contributed by atoms with E-state index in [4.69, 9.17) is 10.1 Å². The molecule has 1 rings (SSSR count). The first-order valence-electron chi connectivity index (χ1n) is 7.72. The van der Waals surface area contributed by atoms with Crippen LogP contribution in [-0.4, -0.2) is 18.5 Å². The van der Waals surface area contributed by atoms with Crippen molar-refractivity contribution in [3.8, 4) is 5.75 Å². The Morgan fingerprint density at radius 2 is 2.09 bits per heavy atom. The molecule has 1 atom stereocenters. The van der Waals surface area contributed by atoms with Crippen molar-refractivity contribution in [2.24, 2.45) is 4.99 Å². The maximum atomic E-state index is 7.86. The topological polar surface area (TPSA) is 57.5 Å². The summed E-state index contributed by atoms with van der Waals surface area (Å²) >= 11 is 0. The molecule has 0 aliphatic heterocycles. The third-order valence-corrected chi connectivity index (χ3v) is 3.54. The molecule has 4 nitrogen and oxygen atoms in total. The number of nitrogens with one attached hydrogen (secondary N) is 2. The Kier molecular flexibility index (Phi) is 6.83. The minimum absolute atomic E-state index is 0.140. The van der Waals surface area contributed by atoms with E-state index >= 15 is 0 Å². The second-order valence-corrected chi connectivity index (χ2v) is 5.43. The van der Waals surface area contributed by atoms with E-state index in [9.17, 15) is 0 Å². The zero-order chi connectivity index (χ0) is 16.7. The highest BCUT2D eigenvalue weighted by Crippen LogP contribution is 2.29. The molecule has 1 aromatic carbocycles. The molecule has 0 bridgehead atoms. The van der Waals surface area contributed by atoms with Gasteiger partial charge in [-0.3, -0.25) is 0 Å². The molecule has 2 N–H and O–H groups in total. The van der Waals surface area contributed by atoms with Gasteiger partial charge in [0.05, 0.1) is 11.8 Å². The molecule has 0 fully saturated rings. The van der Waals surface area contributed by atoms with Crippen LogP contribution in [0.3, 0.4) is 0 Å². The van der Waals surface area contributed by atoms with E-state index in [0.29, 0.717) is 11.5 Å². The van der Waals surface area contributed by atoms with Crippen LogP contribution in [0.5, 0.6) is 5.75 Å². The van der Waals surface area contributed by atoms with Crippen molar-refractivity contribution < 1.29 is 4.74 Å². The van der Waals surface area contributed by atoms with Gasteiger partial charge in [-0.2, -0.15) is 0 Å². The third kappa shape index (κ3) is 4.72. The first-order valence-corrected chi connectivity index (χ1v) is 7.72. The van der Waals surface area contributed by atoms with Crippen LogP contribution >= 0.6 is 0 Å². The van der Waals surface area contributed by atoms with Crippen LogP contribution in [0.2, 0.25) is 0 Å². The molecule has 0 aromatic heterocycles. The number of benzene rings is 1. The average Bonchev–Trinajstić information content (AvgIpc) is 2.48. The summed E-state index contributed by atoms with van der Waals surface area (Å²) in [6.45, 7) is 13.6. The van der Waals surface area contributed by atoms with E-state index in [1.165, 1.54) is 0 Å². The minimum Gasteiger partial charge on any atom is -0.489 e. The number of hydrogen-bond acceptors (Lipinski definition) is 4. The molecule has 1 unspecified atom stereocenters. The summed E-state index contributed by atoms with van der Waals surface area (Å²) in [5, 5.41) is 11.1. The van der Waals surface area contributed by atoms with Crippen molar-refractivity contribution in [3.05, 3.63) is 35.2 Å². The molecular weight excluding hydrogens is 274 g/mol. The summed E-state index contributed by atoms with van der Waals surface area (Å²) in [6, 6.07) is 6.01. The number of anilines is 1. The summed E-state index contributed by atoms with van der Waals surface area (Å²) in [4.78, 5) is 4.06. The molecule has 0 saturated heterocycles. The quantitative estimate of drug-likeness (QED) is 0.668. The van der Waals surface area contributed by atoms with E-state index in [2.05, 4.69) is 24.0 Å². The third-order valence-electron chi connectivity index (χ3n) is 3.54. The first-order chi connectivity index (χ1) is 10.4. The number of allylic oxidation sites excluding steroid dienone is 1. The van der Waals surface area contributed by atoms with Crippen LogP contribution < -0.4 is 10.1 Å². The second-order valence-electron chi connectivity index (χ2n) is 5.43. The molecule has 0 aliphatic carbocycles. The zero-order valence-corrected chi connectivity index (χ0v) is 14.3. The molecule has 1 aromatic rings. The van der Waals surface area contributed by atoms with Crippen molar-refractivity contribution in [1.82, 2.24) is 0 Å². The Morgan fingerprint density at radius 1 is 1.41 bits per heavy atom. The normalized spacial score (nSPS) is 13.1. The Morgan fingerprint density at radius 3 is 2.59 bits per heavy atom. The molecule has 0 saturated carbocycles. The molecule has 4 heteroatoms. The highest BCUT2D eigenvalue weighted by atomic mass is 16.5. The maximum absolute atomic E-state index is 7.86. The molecule has 0 amide bonds. The highest BCUT2D eigenvalue weighted by Gasteiger charge is 2.12. The van der Waals surface area contributed by atoms with Gasteiger partial charge in [0.2, 0.25) is 0 Å². The average molecular weight is 301 g/mol.